The maximum Gasteiger partial charge on any atom is 0.249 e. The van der Waals surface area contributed by atoms with Crippen LogP contribution in [0.5, 0.6) is 0 Å². The lowest BCUT2D eigenvalue weighted by atomic mass is 9.90. The molecule has 0 saturated carbocycles. The third-order valence-electron chi connectivity index (χ3n) is 3.30. The van der Waals surface area contributed by atoms with E-state index in [1.807, 2.05) is 0 Å². The number of carbonyl (C=O) groups excluding carboxylic acids is 1. The number of nitrogens with zero attached hydrogens (tertiary/aromatic N) is 1. The van der Waals surface area contributed by atoms with E-state index in [9.17, 15) is 13.6 Å². The Bertz CT molecular complexity index is 646. The van der Waals surface area contributed by atoms with Crippen molar-refractivity contribution in [2.75, 3.05) is 5.32 Å². The summed E-state index contributed by atoms with van der Waals surface area (Å²) >= 11 is 0. The number of hydrogen-bond acceptors (Lipinski definition) is 3. The second-order valence-corrected chi connectivity index (χ2v) is 4.62. The fraction of sp³-hybridized carbons (Fsp3) is 0.200. The van der Waals surface area contributed by atoms with E-state index < -0.39 is 23.1 Å². The third kappa shape index (κ3) is 2.99. The Morgan fingerprint density at radius 1 is 1.29 bits per heavy atom. The van der Waals surface area contributed by atoms with Crippen molar-refractivity contribution < 1.29 is 13.6 Å². The summed E-state index contributed by atoms with van der Waals surface area (Å²) in [5, 5.41) is 2.92. The molecule has 1 unspecified atom stereocenters. The van der Waals surface area contributed by atoms with Crippen molar-refractivity contribution in [2.24, 2.45) is 5.73 Å². The highest BCUT2D eigenvalue weighted by Gasteiger charge is 2.38. The van der Waals surface area contributed by atoms with E-state index in [0.29, 0.717) is 5.69 Å². The molecule has 0 aliphatic heterocycles. The van der Waals surface area contributed by atoms with Gasteiger partial charge in [-0.05, 0) is 36.8 Å². The molecular formula is C15H15F2N3O. The predicted octanol–water partition coefficient (Wildman–Crippen LogP) is 2.56. The molecule has 0 radical (unpaired) electrons. The second kappa shape index (κ2) is 5.87. The van der Waals surface area contributed by atoms with E-state index >= 15 is 0 Å². The molecule has 0 spiro atoms. The summed E-state index contributed by atoms with van der Waals surface area (Å²) in [5.41, 5.74) is 4.85. The monoisotopic (exact) mass is 291 g/mol. The molecule has 2 rings (SSSR count). The topological polar surface area (TPSA) is 68.0 Å². The Hall–Kier alpha value is -2.50. The first kappa shape index (κ1) is 14.9. The van der Waals surface area contributed by atoms with Crippen LogP contribution in [-0.4, -0.2) is 10.9 Å². The smallest absolute Gasteiger partial charge is 0.249 e. The van der Waals surface area contributed by atoms with Gasteiger partial charge < -0.3 is 11.1 Å². The van der Waals surface area contributed by atoms with Crippen LogP contribution in [0.3, 0.4) is 0 Å². The quantitative estimate of drug-likeness (QED) is 0.889. The molecule has 0 aliphatic rings. The number of nitrogens with one attached hydrogen (secondary N) is 1. The van der Waals surface area contributed by atoms with Gasteiger partial charge in [0.2, 0.25) is 5.91 Å². The molecule has 6 heteroatoms. The maximum atomic E-state index is 13.3. The zero-order chi connectivity index (χ0) is 15.5. The molecule has 1 atom stereocenters. The largest absolute Gasteiger partial charge is 0.367 e. The number of primary amides is 1. The van der Waals surface area contributed by atoms with E-state index in [4.69, 9.17) is 5.73 Å². The van der Waals surface area contributed by atoms with Crippen molar-refractivity contribution in [1.82, 2.24) is 4.98 Å². The lowest BCUT2D eigenvalue weighted by molar-refractivity contribution is -0.122. The Morgan fingerprint density at radius 3 is 2.57 bits per heavy atom. The number of amides is 1. The number of hydrogen-bond donors (Lipinski definition) is 2. The fourth-order valence-corrected chi connectivity index (χ4v) is 2.14. The molecule has 4 nitrogen and oxygen atoms in total. The van der Waals surface area contributed by atoms with Crippen molar-refractivity contribution in [3.8, 4) is 0 Å². The molecule has 0 saturated heterocycles. The van der Waals surface area contributed by atoms with Gasteiger partial charge in [-0.3, -0.25) is 9.78 Å². The van der Waals surface area contributed by atoms with Gasteiger partial charge in [-0.2, -0.15) is 0 Å². The second-order valence-electron chi connectivity index (χ2n) is 4.62. The number of aromatic nitrogens is 1. The SMILES string of the molecule is CCC(Nc1cccc(F)c1)(C(N)=O)c1ccc(F)cn1. The third-order valence-corrected chi connectivity index (χ3v) is 3.30. The minimum absolute atomic E-state index is 0.275. The van der Waals surface area contributed by atoms with Gasteiger partial charge in [0.1, 0.15) is 11.6 Å². The van der Waals surface area contributed by atoms with E-state index in [0.717, 1.165) is 6.20 Å². The number of benzene rings is 1. The average molecular weight is 291 g/mol. The Kier molecular flexibility index (Phi) is 4.16. The highest BCUT2D eigenvalue weighted by Crippen LogP contribution is 2.28. The molecule has 0 aliphatic carbocycles. The molecule has 1 amide bonds. The molecule has 1 aromatic heterocycles. The minimum atomic E-state index is -1.33. The van der Waals surface area contributed by atoms with E-state index in [1.54, 1.807) is 13.0 Å². The molecule has 2 aromatic rings. The van der Waals surface area contributed by atoms with Crippen LogP contribution in [0.15, 0.2) is 42.6 Å². The van der Waals surface area contributed by atoms with Crippen LogP contribution in [0.2, 0.25) is 0 Å². The molecule has 1 heterocycles. The van der Waals surface area contributed by atoms with Crippen molar-refractivity contribution >= 4 is 11.6 Å². The van der Waals surface area contributed by atoms with Gasteiger partial charge in [0.15, 0.2) is 5.54 Å². The van der Waals surface area contributed by atoms with Crippen molar-refractivity contribution in [2.45, 2.75) is 18.9 Å². The number of rotatable bonds is 5. The molecule has 3 N–H and O–H groups in total. The van der Waals surface area contributed by atoms with E-state index in [1.165, 1.54) is 30.3 Å². The molecule has 0 bridgehead atoms. The Labute approximate surface area is 121 Å². The van der Waals surface area contributed by atoms with Gasteiger partial charge in [0.05, 0.1) is 11.9 Å². The van der Waals surface area contributed by atoms with E-state index in [-0.39, 0.29) is 12.1 Å². The average Bonchev–Trinajstić information content (AvgIpc) is 2.45. The normalized spacial score (nSPS) is 13.5. The molecular weight excluding hydrogens is 276 g/mol. The first-order valence-electron chi connectivity index (χ1n) is 6.43. The van der Waals surface area contributed by atoms with Gasteiger partial charge in [0, 0.05) is 5.69 Å². The van der Waals surface area contributed by atoms with Gasteiger partial charge in [-0.25, -0.2) is 8.78 Å². The van der Waals surface area contributed by atoms with Crippen molar-refractivity contribution in [3.05, 3.63) is 59.9 Å². The summed E-state index contributed by atoms with van der Waals surface area (Å²) in [4.78, 5) is 15.9. The molecule has 0 fully saturated rings. The molecule has 110 valence electrons. The Morgan fingerprint density at radius 2 is 2.05 bits per heavy atom. The highest BCUT2D eigenvalue weighted by molar-refractivity contribution is 5.88. The number of pyridine rings is 1. The molecule has 21 heavy (non-hydrogen) atoms. The summed E-state index contributed by atoms with van der Waals surface area (Å²) in [7, 11) is 0. The predicted molar refractivity (Wildman–Crippen MR) is 75.4 cm³/mol. The number of anilines is 1. The van der Waals surface area contributed by atoms with Crippen LogP contribution in [0.25, 0.3) is 0 Å². The summed E-state index contributed by atoms with van der Waals surface area (Å²) < 4.78 is 26.3. The number of nitrogens with two attached hydrogens (primary N) is 1. The highest BCUT2D eigenvalue weighted by atomic mass is 19.1. The van der Waals surface area contributed by atoms with Gasteiger partial charge in [-0.1, -0.05) is 13.0 Å². The summed E-state index contributed by atoms with van der Waals surface area (Å²) in [6, 6.07) is 8.24. The van der Waals surface area contributed by atoms with Gasteiger partial charge in [-0.15, -0.1) is 0 Å². The van der Waals surface area contributed by atoms with Gasteiger partial charge >= 0.3 is 0 Å². The fourth-order valence-electron chi connectivity index (χ4n) is 2.14. The zero-order valence-corrected chi connectivity index (χ0v) is 11.4. The zero-order valence-electron chi connectivity index (χ0n) is 11.4. The summed E-state index contributed by atoms with van der Waals surface area (Å²) in [6.45, 7) is 1.74. The van der Waals surface area contributed by atoms with Crippen LogP contribution in [-0.2, 0) is 10.3 Å². The standard InChI is InChI=1S/C15H15F2N3O/c1-2-15(14(18)21,13-7-6-11(17)9-19-13)20-12-5-3-4-10(16)8-12/h3-9,20H,2H2,1H3,(H2,18,21). The van der Waals surface area contributed by atoms with Crippen LogP contribution in [0.4, 0.5) is 14.5 Å². The van der Waals surface area contributed by atoms with Gasteiger partial charge in [0.25, 0.3) is 0 Å². The van der Waals surface area contributed by atoms with E-state index in [2.05, 4.69) is 10.3 Å². The number of halogens is 2. The first-order valence-corrected chi connectivity index (χ1v) is 6.43. The minimum Gasteiger partial charge on any atom is -0.367 e. The maximum absolute atomic E-state index is 13.3. The summed E-state index contributed by atoms with van der Waals surface area (Å²) in [5.74, 6) is -1.63. The lowest BCUT2D eigenvalue weighted by Crippen LogP contribution is -2.48. The van der Waals surface area contributed by atoms with Crippen LogP contribution in [0, 0.1) is 11.6 Å². The van der Waals surface area contributed by atoms with Crippen LogP contribution in [0.1, 0.15) is 19.0 Å². The first-order chi connectivity index (χ1) is 9.98. The van der Waals surface area contributed by atoms with Crippen molar-refractivity contribution in [3.63, 3.8) is 0 Å². The van der Waals surface area contributed by atoms with Crippen LogP contribution < -0.4 is 11.1 Å². The Balaban J connectivity index is 2.46. The lowest BCUT2D eigenvalue weighted by Gasteiger charge is -2.31. The number of carbonyl (C=O) groups is 1. The molecule has 1 aromatic carbocycles. The van der Waals surface area contributed by atoms with Crippen molar-refractivity contribution in [1.29, 1.82) is 0 Å². The summed E-state index contributed by atoms with van der Waals surface area (Å²) in [6.07, 6.45) is 1.29. The van der Waals surface area contributed by atoms with Crippen LogP contribution >= 0.6 is 0 Å².